The molecule has 0 spiro atoms. The molecule has 12 unspecified atom stereocenters. The Kier molecular flexibility index (Phi) is 8.80. The van der Waals surface area contributed by atoms with E-state index < -0.39 is 0 Å². The predicted octanol–water partition coefficient (Wildman–Crippen LogP) is 2.41. The molecule has 2 aromatic carbocycles. The van der Waals surface area contributed by atoms with Crippen LogP contribution in [0.15, 0.2) is 60.7 Å². The van der Waals surface area contributed by atoms with Crippen molar-refractivity contribution in [1.29, 1.82) is 0 Å². The molecule has 2 aliphatic carbocycles. The van der Waals surface area contributed by atoms with Crippen LogP contribution in [0.2, 0.25) is 0 Å². The molecule has 0 radical (unpaired) electrons. The summed E-state index contributed by atoms with van der Waals surface area (Å²) in [4.78, 5) is 0. The molecule has 45 heavy (non-hydrogen) atoms. The monoisotopic (exact) mass is 654 g/mol. The number of nitrogens with one attached hydrogen (secondary N) is 8. The summed E-state index contributed by atoms with van der Waals surface area (Å²) < 4.78 is 0. The predicted molar refractivity (Wildman–Crippen MR) is 171 cm³/mol. The molecule has 9 rings (SSSR count). The van der Waals surface area contributed by atoms with Gasteiger partial charge in [0, 0.05) is 0 Å². The third-order valence-corrected chi connectivity index (χ3v) is 11.1. The van der Waals surface area contributed by atoms with Gasteiger partial charge in [0.2, 0.25) is 0 Å². The van der Waals surface area contributed by atoms with Gasteiger partial charge in [-0.25, -0.2) is 10.9 Å². The number of para-hydroxylation sites is 2. The van der Waals surface area contributed by atoms with E-state index in [1.54, 1.807) is 0 Å². The zero-order valence-electron chi connectivity index (χ0n) is 25.5. The Bertz CT molecular complexity index is 1180. The largest absolute Gasteiger partial charge is 2.00 e. The third-order valence-electron chi connectivity index (χ3n) is 11.1. The minimum absolute atomic E-state index is 0. The van der Waals surface area contributed by atoms with Gasteiger partial charge in [-0.1, -0.05) is 112 Å². The fraction of sp³-hybridized carbons (Fsp3) is 0.625. The minimum atomic E-state index is -0.121. The van der Waals surface area contributed by atoms with E-state index in [1.165, 1.54) is 51.4 Å². The molecule has 5 heterocycles. The van der Waals surface area contributed by atoms with Gasteiger partial charge in [0.05, 0.1) is 11.4 Å². The van der Waals surface area contributed by atoms with Crippen LogP contribution in [0.4, 0.5) is 11.4 Å². The summed E-state index contributed by atoms with van der Waals surface area (Å²) in [5.74, 6) is 2.00. The topological polar surface area (TPSA) is 131 Å². The Labute approximate surface area is 276 Å². The second-order valence-corrected chi connectivity index (χ2v) is 13.6. The van der Waals surface area contributed by atoms with Crippen molar-refractivity contribution in [2.45, 2.75) is 101 Å². The van der Waals surface area contributed by atoms with Crippen LogP contribution in [0.25, 0.3) is 10.6 Å². The second-order valence-electron chi connectivity index (χ2n) is 13.6. The number of hydrazine groups is 2. The van der Waals surface area contributed by atoms with E-state index in [2.05, 4.69) is 113 Å². The van der Waals surface area contributed by atoms with Gasteiger partial charge >= 0.3 is 17.1 Å². The van der Waals surface area contributed by atoms with E-state index in [1.807, 2.05) is 0 Å². The SMILES string of the molecule is [Fe+2].c1ccc(N2NC3NC4[N-]C(NC5NC(NC6[N-]C(NC2N3)C2CCCCC62)NN5c2ccccc2)C2CCCCC42)cc1. The van der Waals surface area contributed by atoms with Gasteiger partial charge in [-0.05, 0) is 47.9 Å². The molecule has 0 amide bonds. The normalized spacial score (nSPS) is 42.6. The maximum atomic E-state index is 5.45. The van der Waals surface area contributed by atoms with Crippen molar-refractivity contribution in [3.63, 3.8) is 0 Å². The first-order valence-corrected chi connectivity index (χ1v) is 16.9. The average Bonchev–Trinajstić information content (AvgIpc) is 3.83. The summed E-state index contributed by atoms with van der Waals surface area (Å²) in [6.45, 7) is 0. The Morgan fingerprint density at radius 2 is 0.822 bits per heavy atom. The van der Waals surface area contributed by atoms with Crippen LogP contribution >= 0.6 is 0 Å². The summed E-state index contributed by atoms with van der Waals surface area (Å²) in [5.41, 5.74) is 9.74. The number of fused-ring (bicyclic) bond motifs is 14. The summed E-state index contributed by atoms with van der Waals surface area (Å²) >= 11 is 0. The molecular formula is C32H46FeN12. The Morgan fingerprint density at radius 3 is 1.20 bits per heavy atom. The number of hydrogen-bond acceptors (Lipinski definition) is 10. The van der Waals surface area contributed by atoms with Crippen molar-refractivity contribution in [2.75, 3.05) is 10.0 Å². The first-order valence-electron chi connectivity index (χ1n) is 16.9. The van der Waals surface area contributed by atoms with E-state index in [0.29, 0.717) is 23.7 Å². The van der Waals surface area contributed by atoms with Crippen LogP contribution in [0.1, 0.15) is 51.4 Å². The number of rotatable bonds is 2. The summed E-state index contributed by atoms with van der Waals surface area (Å²) in [6.07, 6.45) is 9.65. The number of benzene rings is 2. The van der Waals surface area contributed by atoms with Crippen molar-refractivity contribution >= 4 is 11.4 Å². The van der Waals surface area contributed by atoms with Crippen LogP contribution in [-0.2, 0) is 17.1 Å². The van der Waals surface area contributed by atoms with E-state index in [4.69, 9.17) is 10.6 Å². The van der Waals surface area contributed by atoms with Crippen molar-refractivity contribution < 1.29 is 17.1 Å². The zero-order valence-corrected chi connectivity index (χ0v) is 26.6. The smallest absolute Gasteiger partial charge is 0.632 e. The Balaban J connectivity index is 0.00000300. The number of anilines is 2. The van der Waals surface area contributed by atoms with Gasteiger partial charge in [0.15, 0.2) is 0 Å². The van der Waals surface area contributed by atoms with Crippen molar-refractivity contribution in [1.82, 2.24) is 42.8 Å². The third kappa shape index (κ3) is 5.81. The van der Waals surface area contributed by atoms with E-state index >= 15 is 0 Å². The van der Waals surface area contributed by atoms with Crippen molar-refractivity contribution in [3.05, 3.63) is 71.3 Å². The molecule has 12 nitrogen and oxygen atoms in total. The molecule has 2 aromatic rings. The number of nitrogens with zero attached hydrogens (tertiary/aromatic N) is 4. The first-order chi connectivity index (χ1) is 21.8. The molecule has 7 aliphatic rings. The van der Waals surface area contributed by atoms with Crippen LogP contribution in [0, 0.1) is 23.7 Å². The quantitative estimate of drug-likeness (QED) is 0.229. The molecule has 13 heteroatoms. The second kappa shape index (κ2) is 13.0. The van der Waals surface area contributed by atoms with Crippen molar-refractivity contribution in [2.24, 2.45) is 23.7 Å². The molecule has 5 saturated heterocycles. The Morgan fingerprint density at radius 1 is 0.467 bits per heavy atom. The summed E-state index contributed by atoms with van der Waals surface area (Å²) in [6, 6.07) is 21.2. The maximum absolute atomic E-state index is 5.45. The molecule has 8 N–H and O–H groups in total. The van der Waals surface area contributed by atoms with Gasteiger partial charge in [-0.3, -0.25) is 20.7 Å². The van der Waals surface area contributed by atoms with Crippen LogP contribution in [0.5, 0.6) is 0 Å². The van der Waals surface area contributed by atoms with E-state index in [9.17, 15) is 0 Å². The fourth-order valence-corrected chi connectivity index (χ4v) is 9.07. The molecule has 0 aromatic heterocycles. The van der Waals surface area contributed by atoms with Gasteiger partial charge in [0.1, 0.15) is 25.2 Å². The van der Waals surface area contributed by atoms with Gasteiger partial charge < -0.3 is 31.9 Å². The van der Waals surface area contributed by atoms with E-state index in [0.717, 1.165) is 11.4 Å². The summed E-state index contributed by atoms with van der Waals surface area (Å²) in [7, 11) is 0. The minimum Gasteiger partial charge on any atom is -0.632 e. The summed E-state index contributed by atoms with van der Waals surface area (Å²) in [5, 5.41) is 38.7. The van der Waals surface area contributed by atoms with Gasteiger partial charge in [-0.2, -0.15) is 0 Å². The maximum Gasteiger partial charge on any atom is 2.00 e. The average molecular weight is 655 g/mol. The molecule has 12 atom stereocenters. The van der Waals surface area contributed by atoms with E-state index in [-0.39, 0.29) is 66.9 Å². The Hall–Kier alpha value is -1.84. The van der Waals surface area contributed by atoms with Crippen molar-refractivity contribution in [3.8, 4) is 0 Å². The van der Waals surface area contributed by atoms with Gasteiger partial charge in [0.25, 0.3) is 0 Å². The van der Waals surface area contributed by atoms with Crippen LogP contribution in [0.3, 0.4) is 0 Å². The van der Waals surface area contributed by atoms with Crippen LogP contribution in [-0.4, -0.2) is 49.8 Å². The van der Waals surface area contributed by atoms with Crippen LogP contribution < -0.4 is 52.8 Å². The fourth-order valence-electron chi connectivity index (χ4n) is 9.07. The molecule has 5 aliphatic heterocycles. The zero-order chi connectivity index (χ0) is 29.0. The standard InChI is InChI=1S/C32H46N12.Fe/c1-3-11-19(12-4-1)43-31-37-27-23-17-9-7-15-21(23)26(33-27)36-30-40-32(44(42-30)20-13-5-2-6-14-20)38-28-24-18-10-8-16-22(24)25(34-28)35-29(39-31)41-43;/h1-6,11-14,21-32,35-42H,7-10,15-18H2;/q-2;+2. The molecule has 7 fully saturated rings. The first kappa shape index (κ1) is 30.5. The molecule has 242 valence electrons. The number of hydrogen-bond donors (Lipinski definition) is 8. The molecule has 8 bridgehead atoms. The molecular weight excluding hydrogens is 608 g/mol. The van der Waals surface area contributed by atoms with Gasteiger partial charge in [-0.15, -0.1) is 0 Å². The molecule has 2 saturated carbocycles.